The minimum atomic E-state index is -1.64. The lowest BCUT2D eigenvalue weighted by molar-refractivity contribution is 0.446. The van der Waals surface area contributed by atoms with E-state index in [4.69, 9.17) is 16.9 Å². The molecule has 1 aromatic carbocycles. The summed E-state index contributed by atoms with van der Waals surface area (Å²) in [6.07, 6.45) is 2.85. The van der Waals surface area contributed by atoms with Crippen LogP contribution in [0.4, 0.5) is 13.2 Å². The third-order valence-electron chi connectivity index (χ3n) is 2.55. The van der Waals surface area contributed by atoms with Crippen LogP contribution in [0, 0.1) is 28.8 Å². The lowest BCUT2D eigenvalue weighted by Gasteiger charge is -2.06. The normalized spacial score (nSPS) is 11.8. The molecule has 20 heavy (non-hydrogen) atoms. The van der Waals surface area contributed by atoms with Gasteiger partial charge in [0.15, 0.2) is 17.5 Å². The number of pyridine rings is 1. The van der Waals surface area contributed by atoms with Gasteiger partial charge in [-0.15, -0.1) is 0 Å². The highest BCUT2D eigenvalue weighted by Gasteiger charge is 2.18. The first-order valence-corrected chi connectivity index (χ1v) is 5.78. The standard InChI is InChI=1S/C14H6ClF3N2/c15-12(9-3-4-11(16)14(18)13(9)17)10(6-19)8-2-1-5-20-7-8/h1-5,7H/b12-10+. The molecule has 0 fully saturated rings. The zero-order chi connectivity index (χ0) is 14.7. The fraction of sp³-hybridized carbons (Fsp3) is 0. The van der Waals surface area contributed by atoms with Gasteiger partial charge in [-0.2, -0.15) is 5.26 Å². The molecular formula is C14H6ClF3N2. The van der Waals surface area contributed by atoms with E-state index in [2.05, 4.69) is 4.98 Å². The molecule has 0 bridgehead atoms. The van der Waals surface area contributed by atoms with Gasteiger partial charge in [0.25, 0.3) is 0 Å². The van der Waals surface area contributed by atoms with Crippen molar-refractivity contribution < 1.29 is 13.2 Å². The van der Waals surface area contributed by atoms with E-state index in [-0.39, 0.29) is 16.2 Å². The van der Waals surface area contributed by atoms with Crippen LogP contribution in [0.5, 0.6) is 0 Å². The number of benzene rings is 1. The monoisotopic (exact) mass is 294 g/mol. The highest BCUT2D eigenvalue weighted by Crippen LogP contribution is 2.31. The Morgan fingerprint density at radius 1 is 1.15 bits per heavy atom. The second kappa shape index (κ2) is 5.76. The van der Waals surface area contributed by atoms with Crippen molar-refractivity contribution in [2.45, 2.75) is 0 Å². The van der Waals surface area contributed by atoms with Crippen LogP contribution in [0.3, 0.4) is 0 Å². The number of halogens is 4. The van der Waals surface area contributed by atoms with E-state index in [1.54, 1.807) is 18.2 Å². The summed E-state index contributed by atoms with van der Waals surface area (Å²) < 4.78 is 39.7. The number of hydrogen-bond acceptors (Lipinski definition) is 2. The summed E-state index contributed by atoms with van der Waals surface area (Å²) in [7, 11) is 0. The van der Waals surface area contributed by atoms with E-state index >= 15 is 0 Å². The van der Waals surface area contributed by atoms with Crippen molar-refractivity contribution in [3.8, 4) is 6.07 Å². The van der Waals surface area contributed by atoms with E-state index in [9.17, 15) is 13.2 Å². The number of nitrogens with zero attached hydrogens (tertiary/aromatic N) is 2. The van der Waals surface area contributed by atoms with Gasteiger partial charge in [0, 0.05) is 23.5 Å². The van der Waals surface area contributed by atoms with Crippen molar-refractivity contribution in [3.05, 3.63) is 65.2 Å². The predicted molar refractivity (Wildman–Crippen MR) is 68.8 cm³/mol. The van der Waals surface area contributed by atoms with Gasteiger partial charge in [0.1, 0.15) is 6.07 Å². The molecule has 2 nitrogen and oxygen atoms in total. The summed E-state index contributed by atoms with van der Waals surface area (Å²) >= 11 is 5.94. The zero-order valence-electron chi connectivity index (χ0n) is 9.87. The second-order valence-corrected chi connectivity index (χ2v) is 4.14. The zero-order valence-corrected chi connectivity index (χ0v) is 10.6. The average molecular weight is 295 g/mol. The van der Waals surface area contributed by atoms with Gasteiger partial charge in [-0.3, -0.25) is 4.98 Å². The van der Waals surface area contributed by atoms with Gasteiger partial charge in [-0.25, -0.2) is 13.2 Å². The van der Waals surface area contributed by atoms with E-state index in [0.29, 0.717) is 5.56 Å². The van der Waals surface area contributed by atoms with Gasteiger partial charge in [-0.05, 0) is 18.2 Å². The van der Waals surface area contributed by atoms with Crippen LogP contribution in [0.1, 0.15) is 11.1 Å². The summed E-state index contributed by atoms with van der Waals surface area (Å²) in [5.41, 5.74) is -0.111. The molecule has 0 aliphatic heterocycles. The van der Waals surface area contributed by atoms with Crippen LogP contribution in [0.15, 0.2) is 36.7 Å². The van der Waals surface area contributed by atoms with Crippen LogP contribution < -0.4 is 0 Å². The Labute approximate surface area is 117 Å². The third kappa shape index (κ3) is 2.51. The van der Waals surface area contributed by atoms with Gasteiger partial charge < -0.3 is 0 Å². The summed E-state index contributed by atoms with van der Waals surface area (Å²) in [5, 5.41) is 8.81. The highest BCUT2D eigenvalue weighted by atomic mass is 35.5. The molecule has 1 aromatic heterocycles. The van der Waals surface area contributed by atoms with E-state index in [1.807, 2.05) is 0 Å². The minimum Gasteiger partial charge on any atom is -0.264 e. The van der Waals surface area contributed by atoms with Crippen molar-refractivity contribution >= 4 is 22.2 Å². The average Bonchev–Trinajstić information content (AvgIpc) is 2.47. The van der Waals surface area contributed by atoms with Crippen LogP contribution in [0.25, 0.3) is 10.6 Å². The molecule has 0 amide bonds. The molecule has 2 rings (SSSR count). The molecule has 0 N–H and O–H groups in total. The lowest BCUT2D eigenvalue weighted by atomic mass is 10.0. The van der Waals surface area contributed by atoms with Crippen LogP contribution in [-0.4, -0.2) is 4.98 Å². The minimum absolute atomic E-state index is 0.0790. The largest absolute Gasteiger partial charge is 0.264 e. The Kier molecular flexibility index (Phi) is 4.06. The Hall–Kier alpha value is -2.32. The Morgan fingerprint density at radius 2 is 1.90 bits per heavy atom. The number of hydrogen-bond donors (Lipinski definition) is 0. The highest BCUT2D eigenvalue weighted by molar-refractivity contribution is 6.53. The topological polar surface area (TPSA) is 36.7 Å². The predicted octanol–water partition coefficient (Wildman–Crippen LogP) is 4.13. The number of aromatic nitrogens is 1. The summed E-state index contributed by atoms with van der Waals surface area (Å²) in [6, 6.07) is 6.64. The van der Waals surface area contributed by atoms with Gasteiger partial charge in [0.05, 0.1) is 10.6 Å². The number of nitriles is 1. The van der Waals surface area contributed by atoms with Crippen LogP contribution >= 0.6 is 11.6 Å². The van der Waals surface area contributed by atoms with Crippen molar-refractivity contribution in [2.24, 2.45) is 0 Å². The molecular weight excluding hydrogens is 289 g/mol. The molecule has 1 heterocycles. The Morgan fingerprint density at radius 3 is 2.50 bits per heavy atom. The Bertz CT molecular complexity index is 721. The molecule has 0 unspecified atom stereocenters. The summed E-state index contributed by atoms with van der Waals surface area (Å²) in [4.78, 5) is 3.81. The first-order valence-electron chi connectivity index (χ1n) is 5.40. The van der Waals surface area contributed by atoms with Gasteiger partial charge in [-0.1, -0.05) is 17.7 Å². The SMILES string of the molecule is N#C/C(=C(\Cl)c1ccc(F)c(F)c1F)c1cccnc1. The smallest absolute Gasteiger partial charge is 0.195 e. The number of rotatable bonds is 2. The lowest BCUT2D eigenvalue weighted by Crippen LogP contribution is -1.96. The van der Waals surface area contributed by atoms with Crippen LogP contribution in [0.2, 0.25) is 0 Å². The van der Waals surface area contributed by atoms with Gasteiger partial charge in [0.2, 0.25) is 0 Å². The fourth-order valence-corrected chi connectivity index (χ4v) is 1.88. The molecule has 0 aliphatic rings. The first kappa shape index (κ1) is 14.1. The van der Waals surface area contributed by atoms with E-state index in [0.717, 1.165) is 12.1 Å². The quantitative estimate of drug-likeness (QED) is 0.617. The van der Waals surface area contributed by atoms with Crippen LogP contribution in [-0.2, 0) is 0 Å². The maximum Gasteiger partial charge on any atom is 0.195 e. The van der Waals surface area contributed by atoms with Gasteiger partial charge >= 0.3 is 0 Å². The molecule has 2 aromatic rings. The molecule has 0 radical (unpaired) electrons. The summed E-state index contributed by atoms with van der Waals surface area (Å²) in [6.45, 7) is 0. The van der Waals surface area contributed by atoms with Crippen molar-refractivity contribution in [1.82, 2.24) is 4.98 Å². The molecule has 0 aliphatic carbocycles. The van der Waals surface area contributed by atoms with Crippen molar-refractivity contribution in [3.63, 3.8) is 0 Å². The molecule has 6 heteroatoms. The van der Waals surface area contributed by atoms with E-state index < -0.39 is 17.5 Å². The second-order valence-electron chi connectivity index (χ2n) is 3.77. The molecule has 0 spiro atoms. The fourth-order valence-electron chi connectivity index (χ4n) is 1.58. The van der Waals surface area contributed by atoms with Crippen molar-refractivity contribution in [2.75, 3.05) is 0 Å². The number of allylic oxidation sites excluding steroid dienone is 1. The molecule has 0 atom stereocenters. The first-order chi connectivity index (χ1) is 9.56. The maximum atomic E-state index is 13.7. The van der Waals surface area contributed by atoms with E-state index in [1.165, 1.54) is 12.4 Å². The Balaban J connectivity index is 2.65. The third-order valence-corrected chi connectivity index (χ3v) is 2.95. The molecule has 100 valence electrons. The van der Waals surface area contributed by atoms with Crippen molar-refractivity contribution in [1.29, 1.82) is 5.26 Å². The maximum absolute atomic E-state index is 13.7. The summed E-state index contributed by atoms with van der Waals surface area (Å²) in [5.74, 6) is -4.40. The molecule has 0 saturated carbocycles. The molecule has 0 saturated heterocycles.